The lowest BCUT2D eigenvalue weighted by atomic mass is 9.43. The molecule has 6 nitrogen and oxygen atoms in total. The first-order valence-corrected chi connectivity index (χ1v) is 14.1. The molecule has 3 heterocycles. The molecular formula is C27H35BO6S. The smallest absolute Gasteiger partial charge is 0.452 e. The largest absolute Gasteiger partial charge is 0.461 e. The first kappa shape index (κ1) is 22.9. The van der Waals surface area contributed by atoms with Gasteiger partial charge in [-0.2, -0.15) is 0 Å². The average Bonchev–Trinajstić information content (AvgIpc) is 3.22. The van der Waals surface area contributed by atoms with E-state index < -0.39 is 5.79 Å². The van der Waals surface area contributed by atoms with Crippen LogP contribution in [0.1, 0.15) is 82.1 Å². The third kappa shape index (κ3) is 3.39. The monoisotopic (exact) mass is 498 g/mol. The summed E-state index contributed by atoms with van der Waals surface area (Å²) in [6.07, 6.45) is 4.52. The Morgan fingerprint density at radius 2 is 1.89 bits per heavy atom. The van der Waals surface area contributed by atoms with Crippen LogP contribution in [-0.2, 0) is 18.8 Å². The van der Waals surface area contributed by atoms with E-state index in [0.29, 0.717) is 34.5 Å². The average molecular weight is 498 g/mol. The van der Waals surface area contributed by atoms with Crippen molar-refractivity contribution in [2.24, 2.45) is 17.3 Å². The molecule has 7 atom stereocenters. The highest BCUT2D eigenvalue weighted by molar-refractivity contribution is 8.00. The van der Waals surface area contributed by atoms with Gasteiger partial charge < -0.3 is 23.5 Å². The van der Waals surface area contributed by atoms with Crippen molar-refractivity contribution in [3.05, 3.63) is 23.3 Å². The SMILES string of the molecule is CC1(C)OC(=O)c2c(S[C@@H]3CCOC3)ccc([C@H]3C[C@H]3B3OC4C[C@@H]5C[C@@H](C5(C)C)[C@]4(C)O3)c2O1. The first-order chi connectivity index (χ1) is 16.6. The summed E-state index contributed by atoms with van der Waals surface area (Å²) < 4.78 is 30.9. The van der Waals surface area contributed by atoms with Crippen LogP contribution < -0.4 is 4.74 Å². The summed E-state index contributed by atoms with van der Waals surface area (Å²) in [6.45, 7) is 12.2. The minimum atomic E-state index is -0.988. The Balaban J connectivity index is 1.16. The van der Waals surface area contributed by atoms with Gasteiger partial charge in [-0.1, -0.05) is 19.9 Å². The fourth-order valence-corrected chi connectivity index (χ4v) is 8.73. The zero-order valence-corrected chi connectivity index (χ0v) is 22.1. The maximum Gasteiger partial charge on any atom is 0.461 e. The Kier molecular flexibility index (Phi) is 4.87. The first-order valence-electron chi connectivity index (χ1n) is 13.2. The summed E-state index contributed by atoms with van der Waals surface area (Å²) in [4.78, 5) is 14.1. The van der Waals surface area contributed by atoms with Crippen molar-refractivity contribution >= 4 is 24.8 Å². The van der Waals surface area contributed by atoms with E-state index in [0.717, 1.165) is 42.2 Å². The maximum atomic E-state index is 13.1. The number of carbonyl (C=O) groups is 1. The summed E-state index contributed by atoms with van der Waals surface area (Å²) in [6, 6.07) is 4.23. The molecule has 8 heteroatoms. The molecule has 6 fully saturated rings. The number of ether oxygens (including phenoxy) is 3. The number of thioether (sulfide) groups is 1. The van der Waals surface area contributed by atoms with E-state index in [1.807, 2.05) is 0 Å². The highest BCUT2D eigenvalue weighted by Gasteiger charge is 2.70. The number of carbonyl (C=O) groups excluding carboxylic acids is 1. The lowest BCUT2D eigenvalue weighted by molar-refractivity contribution is -0.199. The number of esters is 1. The Labute approximate surface area is 212 Å². The van der Waals surface area contributed by atoms with E-state index in [2.05, 4.69) is 32.9 Å². The van der Waals surface area contributed by atoms with Crippen molar-refractivity contribution in [1.29, 1.82) is 0 Å². The molecule has 4 aliphatic carbocycles. The van der Waals surface area contributed by atoms with Crippen LogP contribution in [0.5, 0.6) is 5.75 Å². The number of hydrogen-bond acceptors (Lipinski definition) is 7. The van der Waals surface area contributed by atoms with Gasteiger partial charge in [-0.3, -0.25) is 0 Å². The Bertz CT molecular complexity index is 1080. The highest BCUT2D eigenvalue weighted by Crippen LogP contribution is 2.68. The minimum Gasteiger partial charge on any atom is -0.452 e. The maximum absolute atomic E-state index is 13.1. The van der Waals surface area contributed by atoms with Crippen molar-refractivity contribution < 1.29 is 28.3 Å². The molecule has 35 heavy (non-hydrogen) atoms. The van der Waals surface area contributed by atoms with Crippen molar-refractivity contribution in [1.82, 2.24) is 0 Å². The van der Waals surface area contributed by atoms with Crippen molar-refractivity contribution in [3.63, 3.8) is 0 Å². The molecule has 3 aliphatic heterocycles. The second-order valence-electron chi connectivity index (χ2n) is 12.7. The van der Waals surface area contributed by atoms with Gasteiger partial charge in [0, 0.05) is 36.4 Å². The van der Waals surface area contributed by atoms with Gasteiger partial charge in [0.05, 0.1) is 18.3 Å². The van der Waals surface area contributed by atoms with Crippen LogP contribution in [0.15, 0.2) is 17.0 Å². The summed E-state index contributed by atoms with van der Waals surface area (Å²) in [5.74, 6) is 1.25. The van der Waals surface area contributed by atoms with Gasteiger partial charge >= 0.3 is 13.1 Å². The highest BCUT2D eigenvalue weighted by atomic mass is 32.2. The number of fused-ring (bicyclic) bond motifs is 1. The molecule has 1 aromatic rings. The molecule has 0 aromatic heterocycles. The third-order valence-corrected chi connectivity index (χ3v) is 11.1. The van der Waals surface area contributed by atoms with Gasteiger partial charge in [-0.05, 0) is 67.4 Å². The van der Waals surface area contributed by atoms with Gasteiger partial charge in [0.25, 0.3) is 0 Å². The standard InChI is InChI=1S/C27H35BO6S/c1-25(2)14-10-20(25)27(5)21(11-14)33-28(34-27)18-12-17(18)16-6-7-19(35-15-8-9-30-13-15)22-23(16)31-26(3,4)32-24(22)29/h6-7,14-15,17-18,20-21H,8-13H2,1-5H3/t14-,15+,17+,18+,20-,21?,27-/m0/s1. The van der Waals surface area contributed by atoms with Crippen LogP contribution >= 0.6 is 11.8 Å². The molecule has 0 radical (unpaired) electrons. The molecule has 1 unspecified atom stereocenters. The predicted octanol–water partition coefficient (Wildman–Crippen LogP) is 5.44. The number of hydrogen-bond donors (Lipinski definition) is 0. The predicted molar refractivity (Wildman–Crippen MR) is 133 cm³/mol. The molecule has 4 saturated carbocycles. The molecule has 8 rings (SSSR count). The second kappa shape index (κ2) is 7.43. The van der Waals surface area contributed by atoms with Gasteiger partial charge in [-0.15, -0.1) is 11.8 Å². The summed E-state index contributed by atoms with van der Waals surface area (Å²) in [5, 5.41) is 0.348. The third-order valence-electron chi connectivity index (χ3n) is 9.78. The van der Waals surface area contributed by atoms with Crippen molar-refractivity contribution in [2.45, 2.75) is 99.7 Å². The van der Waals surface area contributed by atoms with E-state index >= 15 is 0 Å². The minimum absolute atomic E-state index is 0.186. The molecule has 1 aromatic carbocycles. The van der Waals surface area contributed by atoms with Crippen LogP contribution in [0.3, 0.4) is 0 Å². The Hall–Kier alpha value is -1.22. The van der Waals surface area contributed by atoms with E-state index in [-0.39, 0.29) is 36.5 Å². The van der Waals surface area contributed by atoms with Crippen LogP contribution in [0, 0.1) is 17.3 Å². The Morgan fingerprint density at radius 1 is 1.06 bits per heavy atom. The lowest BCUT2D eigenvalue weighted by Gasteiger charge is -2.64. The number of cyclic esters (lactones) is 1. The summed E-state index contributed by atoms with van der Waals surface area (Å²) >= 11 is 1.70. The molecule has 0 N–H and O–H groups in total. The fraction of sp³-hybridized carbons (Fsp3) is 0.741. The number of rotatable bonds is 4. The zero-order valence-electron chi connectivity index (χ0n) is 21.3. The van der Waals surface area contributed by atoms with Crippen LogP contribution in [-0.4, -0.2) is 49.0 Å². The molecule has 0 spiro atoms. The van der Waals surface area contributed by atoms with Crippen molar-refractivity contribution in [2.75, 3.05) is 13.2 Å². The van der Waals surface area contributed by atoms with Gasteiger partial charge in [0.2, 0.25) is 5.79 Å². The fourth-order valence-electron chi connectivity index (χ4n) is 7.56. The van der Waals surface area contributed by atoms with Crippen LogP contribution in [0.25, 0.3) is 0 Å². The summed E-state index contributed by atoms with van der Waals surface area (Å²) in [7, 11) is -0.186. The molecule has 2 bridgehead atoms. The van der Waals surface area contributed by atoms with Gasteiger partial charge in [-0.25, -0.2) is 4.79 Å². The Morgan fingerprint density at radius 3 is 2.63 bits per heavy atom. The van der Waals surface area contributed by atoms with E-state index in [9.17, 15) is 4.79 Å². The van der Waals surface area contributed by atoms with Crippen LogP contribution in [0.2, 0.25) is 5.82 Å². The molecule has 188 valence electrons. The topological polar surface area (TPSA) is 63.2 Å². The number of benzene rings is 1. The molecule has 0 amide bonds. The lowest BCUT2D eigenvalue weighted by Crippen LogP contribution is -2.65. The van der Waals surface area contributed by atoms with Crippen LogP contribution in [0.4, 0.5) is 0 Å². The van der Waals surface area contributed by atoms with E-state index in [4.69, 9.17) is 23.5 Å². The van der Waals surface area contributed by atoms with E-state index in [1.165, 1.54) is 6.42 Å². The van der Waals surface area contributed by atoms with Gasteiger partial charge in [0.1, 0.15) is 11.3 Å². The molecule has 7 aliphatic rings. The van der Waals surface area contributed by atoms with Crippen molar-refractivity contribution in [3.8, 4) is 5.75 Å². The van der Waals surface area contributed by atoms with Gasteiger partial charge in [0.15, 0.2) is 0 Å². The van der Waals surface area contributed by atoms with E-state index in [1.54, 1.807) is 25.6 Å². The quantitative estimate of drug-likeness (QED) is 0.405. The zero-order chi connectivity index (χ0) is 24.3. The second-order valence-corrected chi connectivity index (χ2v) is 14.0. The molecular weight excluding hydrogens is 463 g/mol. The normalized spacial score (nSPS) is 42.0. The summed E-state index contributed by atoms with van der Waals surface area (Å²) in [5.41, 5.74) is 1.80. The molecule has 2 saturated heterocycles.